The number of esters is 1. The van der Waals surface area contributed by atoms with E-state index in [1.807, 2.05) is 26.0 Å². The van der Waals surface area contributed by atoms with Crippen molar-refractivity contribution in [3.05, 3.63) is 47.0 Å². The number of carbonyl (C=O) groups excluding carboxylic acids is 3. The summed E-state index contributed by atoms with van der Waals surface area (Å²) in [6.07, 6.45) is 3.17. The summed E-state index contributed by atoms with van der Waals surface area (Å²) in [7, 11) is 0. The molecule has 0 bridgehead atoms. The van der Waals surface area contributed by atoms with Crippen LogP contribution < -0.4 is 5.32 Å². The summed E-state index contributed by atoms with van der Waals surface area (Å²) >= 11 is 0. The molecule has 6 nitrogen and oxygen atoms in total. The van der Waals surface area contributed by atoms with E-state index < -0.39 is 17.7 Å². The Morgan fingerprint density at radius 3 is 2.28 bits per heavy atom. The highest BCUT2D eigenvalue weighted by Crippen LogP contribution is 2.11. The van der Waals surface area contributed by atoms with Gasteiger partial charge in [0.15, 0.2) is 5.78 Å². The van der Waals surface area contributed by atoms with Crippen LogP contribution >= 0.6 is 0 Å². The summed E-state index contributed by atoms with van der Waals surface area (Å²) < 4.78 is 10.2. The molecule has 0 aliphatic heterocycles. The van der Waals surface area contributed by atoms with Gasteiger partial charge < -0.3 is 14.8 Å². The molecule has 0 unspecified atom stereocenters. The van der Waals surface area contributed by atoms with E-state index in [0.717, 1.165) is 16.7 Å². The summed E-state index contributed by atoms with van der Waals surface area (Å²) in [5, 5.41) is 2.70. The van der Waals surface area contributed by atoms with Gasteiger partial charge in [0, 0.05) is 12.8 Å². The lowest BCUT2D eigenvalue weighted by Gasteiger charge is -2.22. The molecule has 0 aliphatic carbocycles. The lowest BCUT2D eigenvalue weighted by molar-refractivity contribution is -0.143. The molecule has 0 radical (unpaired) electrons. The molecule has 0 fully saturated rings. The van der Waals surface area contributed by atoms with Crippen molar-refractivity contribution in [1.82, 2.24) is 5.32 Å². The van der Waals surface area contributed by atoms with Gasteiger partial charge in [-0.25, -0.2) is 4.79 Å². The summed E-state index contributed by atoms with van der Waals surface area (Å²) in [6.45, 7) is 11.3. The number of allylic oxidation sites excluding steroid dienone is 1. The van der Waals surface area contributed by atoms with Crippen molar-refractivity contribution in [1.29, 1.82) is 0 Å². The predicted molar refractivity (Wildman–Crippen MR) is 113 cm³/mol. The van der Waals surface area contributed by atoms with Crippen molar-refractivity contribution in [2.75, 3.05) is 6.61 Å². The van der Waals surface area contributed by atoms with E-state index in [9.17, 15) is 14.4 Å². The molecule has 1 aromatic rings. The second-order valence-electron chi connectivity index (χ2n) is 8.09. The minimum atomic E-state index is -0.641. The number of alkyl carbamates (subject to hydrolysis) is 1. The predicted octanol–water partition coefficient (Wildman–Crippen LogP) is 4.21. The van der Waals surface area contributed by atoms with Crippen molar-refractivity contribution in [3.63, 3.8) is 0 Å². The van der Waals surface area contributed by atoms with E-state index in [1.165, 1.54) is 6.08 Å². The molecule has 0 aliphatic rings. The number of rotatable bonds is 9. The fourth-order valence-electron chi connectivity index (χ4n) is 2.84. The Kier molecular flexibility index (Phi) is 9.59. The number of carbonyl (C=O) groups is 3. The third-order valence-corrected chi connectivity index (χ3v) is 3.84. The van der Waals surface area contributed by atoms with E-state index in [-0.39, 0.29) is 24.6 Å². The second-order valence-corrected chi connectivity index (χ2v) is 8.09. The normalized spacial score (nSPS) is 12.5. The van der Waals surface area contributed by atoms with E-state index in [4.69, 9.17) is 9.47 Å². The summed E-state index contributed by atoms with van der Waals surface area (Å²) in [6, 6.07) is 5.50. The zero-order valence-corrected chi connectivity index (χ0v) is 18.3. The molecule has 0 saturated carbocycles. The largest absolute Gasteiger partial charge is 0.466 e. The van der Waals surface area contributed by atoms with Crippen molar-refractivity contribution < 1.29 is 23.9 Å². The van der Waals surface area contributed by atoms with E-state index in [2.05, 4.69) is 11.4 Å². The van der Waals surface area contributed by atoms with Crippen LogP contribution in [0, 0.1) is 13.8 Å². The molecule has 29 heavy (non-hydrogen) atoms. The van der Waals surface area contributed by atoms with Gasteiger partial charge >= 0.3 is 12.1 Å². The fraction of sp³-hybridized carbons (Fsp3) is 0.522. The molecule has 0 spiro atoms. The van der Waals surface area contributed by atoms with Crippen molar-refractivity contribution in [2.45, 2.75) is 72.4 Å². The first kappa shape index (κ1) is 24.4. The quantitative estimate of drug-likeness (QED) is 0.493. The number of hydrogen-bond acceptors (Lipinski definition) is 5. The number of nitrogens with one attached hydrogen (secondary N) is 1. The molecule has 1 N–H and O–H groups in total. The van der Waals surface area contributed by atoms with Gasteiger partial charge in [-0.05, 0) is 59.6 Å². The molecular weight excluding hydrogens is 370 g/mol. The highest BCUT2D eigenvalue weighted by molar-refractivity contribution is 5.91. The maximum Gasteiger partial charge on any atom is 0.408 e. The highest BCUT2D eigenvalue weighted by atomic mass is 16.6. The average Bonchev–Trinajstić information content (AvgIpc) is 2.55. The van der Waals surface area contributed by atoms with Crippen molar-refractivity contribution >= 4 is 17.8 Å². The first-order valence-corrected chi connectivity index (χ1v) is 9.92. The van der Waals surface area contributed by atoms with Crippen molar-refractivity contribution in [2.24, 2.45) is 0 Å². The number of aryl methyl sites for hydroxylation is 2. The Bertz CT molecular complexity index is 726. The zero-order chi connectivity index (χ0) is 22.0. The van der Waals surface area contributed by atoms with Crippen LogP contribution in [-0.2, 0) is 25.5 Å². The van der Waals surface area contributed by atoms with E-state index in [1.54, 1.807) is 33.8 Å². The first-order chi connectivity index (χ1) is 13.5. The molecule has 1 atom stereocenters. The average molecular weight is 404 g/mol. The number of benzene rings is 1. The van der Waals surface area contributed by atoms with Crippen molar-refractivity contribution in [3.8, 4) is 0 Å². The maximum absolute atomic E-state index is 12.4. The highest BCUT2D eigenvalue weighted by Gasteiger charge is 2.19. The lowest BCUT2D eigenvalue weighted by Crippen LogP contribution is -2.38. The molecule has 0 heterocycles. The van der Waals surface area contributed by atoms with Gasteiger partial charge in [-0.3, -0.25) is 9.59 Å². The fourth-order valence-corrected chi connectivity index (χ4v) is 2.84. The van der Waals surface area contributed by atoms with Crippen LogP contribution in [0.4, 0.5) is 4.79 Å². The summed E-state index contributed by atoms with van der Waals surface area (Å²) in [5.74, 6) is -0.430. The third-order valence-electron chi connectivity index (χ3n) is 3.84. The molecule has 160 valence electrons. The van der Waals surface area contributed by atoms with E-state index >= 15 is 0 Å². The summed E-state index contributed by atoms with van der Waals surface area (Å²) in [4.78, 5) is 36.1. The standard InChI is InChI=1S/C23H33NO5/c1-7-28-21(26)11-9-19(24-22(27)29-23(4,5)6)8-10-20(25)15-18-13-16(2)12-17(3)14-18/h8,10,12-14,19H,7,9,11,15H2,1-6H3,(H,24,27)/b10-8+/t19-/m0/s1. The van der Waals surface area contributed by atoms with Crippen LogP contribution in [0.1, 0.15) is 57.2 Å². The lowest BCUT2D eigenvalue weighted by atomic mass is 10.0. The van der Waals surface area contributed by atoms with Crippen LogP contribution in [0.5, 0.6) is 0 Å². The SMILES string of the molecule is CCOC(=O)CC[C@H](/C=C/C(=O)Cc1cc(C)cc(C)c1)NC(=O)OC(C)(C)C. The number of amides is 1. The Morgan fingerprint density at radius 1 is 1.10 bits per heavy atom. The topological polar surface area (TPSA) is 81.7 Å². The van der Waals surface area contributed by atoms with Crippen LogP contribution in [0.15, 0.2) is 30.4 Å². The van der Waals surface area contributed by atoms with Gasteiger partial charge in [-0.1, -0.05) is 35.4 Å². The van der Waals surface area contributed by atoms with Gasteiger partial charge in [0.2, 0.25) is 0 Å². The monoisotopic (exact) mass is 403 g/mol. The van der Waals surface area contributed by atoms with Gasteiger partial charge in [0.25, 0.3) is 0 Å². The molecule has 1 rings (SSSR count). The molecule has 6 heteroatoms. The molecule has 0 aromatic heterocycles. The Morgan fingerprint density at radius 2 is 1.72 bits per heavy atom. The van der Waals surface area contributed by atoms with Crippen LogP contribution in [0.25, 0.3) is 0 Å². The minimum absolute atomic E-state index is 0.0814. The Hall–Kier alpha value is -2.63. The van der Waals surface area contributed by atoms with Crippen LogP contribution in [-0.4, -0.2) is 36.1 Å². The first-order valence-electron chi connectivity index (χ1n) is 9.92. The smallest absolute Gasteiger partial charge is 0.408 e. The van der Waals surface area contributed by atoms with Gasteiger partial charge in [0.05, 0.1) is 12.6 Å². The number of hydrogen-bond donors (Lipinski definition) is 1. The maximum atomic E-state index is 12.4. The molecule has 1 aromatic carbocycles. The third kappa shape index (κ3) is 11.1. The van der Waals surface area contributed by atoms with E-state index in [0.29, 0.717) is 13.0 Å². The minimum Gasteiger partial charge on any atom is -0.466 e. The second kappa shape index (κ2) is 11.4. The zero-order valence-electron chi connectivity index (χ0n) is 18.3. The van der Waals surface area contributed by atoms with Crippen LogP contribution in [0.3, 0.4) is 0 Å². The van der Waals surface area contributed by atoms with Gasteiger partial charge in [-0.2, -0.15) is 0 Å². The molecule has 1 amide bonds. The number of ketones is 1. The Labute approximate surface area is 173 Å². The van der Waals surface area contributed by atoms with Gasteiger partial charge in [0.1, 0.15) is 5.60 Å². The molecular formula is C23H33NO5. The Balaban J connectivity index is 2.77. The van der Waals surface area contributed by atoms with Crippen LogP contribution in [0.2, 0.25) is 0 Å². The molecule has 0 saturated heterocycles. The summed E-state index contributed by atoms with van der Waals surface area (Å²) in [5.41, 5.74) is 2.52. The number of ether oxygens (including phenoxy) is 2. The van der Waals surface area contributed by atoms with Gasteiger partial charge in [-0.15, -0.1) is 0 Å².